The lowest BCUT2D eigenvalue weighted by molar-refractivity contribution is -0.239. The average molecular weight is 671 g/mol. The molecule has 42 heavy (non-hydrogen) atoms. The standard InChI is InChI=1S/C26H38O12S4/c1-23(2)31-13-11(29-19-17(15(13)33-23)35-25(5,6)37-19)9-27-21(39)41-42-22(40)28-10-12-14-16(34-24(3,4)32-14)18-20(30-12)38-26(7,8)36-18/h11-20H,9-10H2,1-8H3/t11-,12+,13-,14+,15+,16-,17-,18-,19+,20+/m1/s1. The first-order chi connectivity index (χ1) is 19.5. The zero-order chi connectivity index (χ0) is 30.2. The molecule has 0 saturated carbocycles. The summed E-state index contributed by atoms with van der Waals surface area (Å²) in [5.41, 5.74) is 0. The molecule has 0 aliphatic carbocycles. The molecule has 0 bridgehead atoms. The van der Waals surface area contributed by atoms with Gasteiger partial charge in [-0.3, -0.25) is 0 Å². The van der Waals surface area contributed by atoms with E-state index in [1.54, 1.807) is 0 Å². The quantitative estimate of drug-likeness (QED) is 0.319. The summed E-state index contributed by atoms with van der Waals surface area (Å²) in [6, 6.07) is 0. The van der Waals surface area contributed by atoms with Gasteiger partial charge in [0.15, 0.2) is 35.7 Å². The third-order valence-corrected chi connectivity index (χ3v) is 10.5. The van der Waals surface area contributed by atoms with Crippen molar-refractivity contribution in [3.05, 3.63) is 0 Å². The first-order valence-electron chi connectivity index (χ1n) is 13.9. The molecule has 0 aromatic heterocycles. The van der Waals surface area contributed by atoms with Gasteiger partial charge in [0.05, 0.1) is 0 Å². The first-order valence-corrected chi connectivity index (χ1v) is 16.9. The van der Waals surface area contributed by atoms with Crippen LogP contribution in [0.25, 0.3) is 0 Å². The maximum atomic E-state index is 6.17. The van der Waals surface area contributed by atoms with E-state index in [0.29, 0.717) is 0 Å². The third kappa shape index (κ3) is 6.77. The number of rotatable bonds is 4. The lowest BCUT2D eigenvalue weighted by atomic mass is 9.99. The molecule has 16 heteroatoms. The normalized spacial score (nSPS) is 43.6. The van der Waals surface area contributed by atoms with Crippen LogP contribution in [0.15, 0.2) is 0 Å². The largest absolute Gasteiger partial charge is 0.475 e. The second-order valence-electron chi connectivity index (χ2n) is 12.7. The van der Waals surface area contributed by atoms with Crippen LogP contribution in [0.2, 0.25) is 0 Å². The van der Waals surface area contributed by atoms with E-state index in [1.165, 1.54) is 21.6 Å². The maximum Gasteiger partial charge on any atom is 0.231 e. The highest BCUT2D eigenvalue weighted by Crippen LogP contribution is 2.46. The number of fused-ring (bicyclic) bond motifs is 6. The smallest absolute Gasteiger partial charge is 0.231 e. The van der Waals surface area contributed by atoms with Crippen molar-refractivity contribution in [2.45, 2.75) is 140 Å². The molecule has 12 nitrogen and oxygen atoms in total. The zero-order valence-corrected chi connectivity index (χ0v) is 28.0. The fourth-order valence-corrected chi connectivity index (χ4v) is 7.89. The Kier molecular flexibility index (Phi) is 8.70. The van der Waals surface area contributed by atoms with Crippen LogP contribution in [0, 0.1) is 0 Å². The fourth-order valence-electron chi connectivity index (χ4n) is 6.07. The van der Waals surface area contributed by atoms with Gasteiger partial charge in [-0.2, -0.15) is 0 Å². The Labute approximate surface area is 264 Å². The van der Waals surface area contributed by atoms with Crippen molar-refractivity contribution in [2.75, 3.05) is 13.2 Å². The number of hydrogen-bond acceptors (Lipinski definition) is 16. The second-order valence-corrected chi connectivity index (χ2v) is 16.0. The minimum atomic E-state index is -0.796. The molecule has 0 aromatic carbocycles. The monoisotopic (exact) mass is 670 g/mol. The molecule has 0 radical (unpaired) electrons. The lowest BCUT2D eigenvalue weighted by Crippen LogP contribution is -2.56. The second kappa shape index (κ2) is 11.4. The lowest BCUT2D eigenvalue weighted by Gasteiger charge is -2.37. The van der Waals surface area contributed by atoms with Gasteiger partial charge < -0.3 is 56.8 Å². The van der Waals surface area contributed by atoms with E-state index in [0.717, 1.165) is 0 Å². The molecule has 0 unspecified atom stereocenters. The van der Waals surface area contributed by atoms with Gasteiger partial charge in [0.25, 0.3) is 0 Å². The molecule has 0 aromatic rings. The van der Waals surface area contributed by atoms with Crippen LogP contribution in [0.4, 0.5) is 0 Å². The number of ether oxygens (including phenoxy) is 12. The molecule has 10 atom stereocenters. The molecule has 0 amide bonds. The van der Waals surface area contributed by atoms with Crippen LogP contribution in [0.1, 0.15) is 55.4 Å². The summed E-state index contributed by atoms with van der Waals surface area (Å²) >= 11 is 10.9. The van der Waals surface area contributed by atoms with E-state index < -0.39 is 72.4 Å². The van der Waals surface area contributed by atoms with Gasteiger partial charge in [-0.05, 0) is 79.8 Å². The van der Waals surface area contributed by atoms with Gasteiger partial charge in [0.1, 0.15) is 62.0 Å². The van der Waals surface area contributed by atoms with E-state index in [-0.39, 0.29) is 34.2 Å². The molecular formula is C26H38O12S4. The Balaban J connectivity index is 0.975. The molecule has 6 aliphatic rings. The number of hydrogen-bond donors (Lipinski definition) is 0. The Hall–Kier alpha value is 0.0800. The zero-order valence-electron chi connectivity index (χ0n) is 24.7. The predicted molar refractivity (Wildman–Crippen MR) is 157 cm³/mol. The highest BCUT2D eigenvalue weighted by atomic mass is 33.1. The van der Waals surface area contributed by atoms with Gasteiger partial charge in [-0.1, -0.05) is 0 Å². The highest BCUT2D eigenvalue weighted by Gasteiger charge is 2.62. The summed E-state index contributed by atoms with van der Waals surface area (Å²) < 4.78 is 73.1. The molecule has 238 valence electrons. The summed E-state index contributed by atoms with van der Waals surface area (Å²) in [6.07, 6.45) is -4.53. The van der Waals surface area contributed by atoms with Gasteiger partial charge >= 0.3 is 0 Å². The van der Waals surface area contributed by atoms with Crippen molar-refractivity contribution in [2.24, 2.45) is 0 Å². The SMILES string of the molecule is CC1(C)O[C@@H]2[C@@H](O1)[C@H](COC(=S)SSC(=S)OC[C@H]1O[C@H]3OC(C)(C)O[C@@H]3[C@H]3OC(C)(C)O[C@@H]31)O[C@H]1OC(C)(C)O[C@@H]12. The Morgan fingerprint density at radius 3 is 1.19 bits per heavy atom. The van der Waals surface area contributed by atoms with Crippen LogP contribution >= 0.6 is 46.0 Å². The first kappa shape index (κ1) is 32.0. The summed E-state index contributed by atoms with van der Waals surface area (Å²) in [4.78, 5) is 0. The van der Waals surface area contributed by atoms with Crippen molar-refractivity contribution in [1.82, 2.24) is 0 Å². The molecular weight excluding hydrogens is 633 g/mol. The molecule has 0 N–H and O–H groups in total. The van der Waals surface area contributed by atoms with Crippen molar-refractivity contribution in [3.63, 3.8) is 0 Å². The van der Waals surface area contributed by atoms with Gasteiger partial charge in [-0.25, -0.2) is 0 Å². The summed E-state index contributed by atoms with van der Waals surface area (Å²) in [7, 11) is 2.35. The maximum absolute atomic E-state index is 6.17. The average Bonchev–Trinajstić information content (AvgIpc) is 3.56. The van der Waals surface area contributed by atoms with Crippen molar-refractivity contribution >= 4 is 54.8 Å². The van der Waals surface area contributed by atoms with E-state index in [4.69, 9.17) is 81.3 Å². The van der Waals surface area contributed by atoms with Crippen LogP contribution in [0.5, 0.6) is 0 Å². The molecule has 0 spiro atoms. The highest BCUT2D eigenvalue weighted by molar-refractivity contribution is 8.89. The van der Waals surface area contributed by atoms with Gasteiger partial charge in [0.2, 0.25) is 8.77 Å². The minimum Gasteiger partial charge on any atom is -0.475 e. The van der Waals surface area contributed by atoms with Crippen molar-refractivity contribution in [1.29, 1.82) is 0 Å². The summed E-state index contributed by atoms with van der Waals surface area (Å²) in [5.74, 6) is -3.18. The van der Waals surface area contributed by atoms with E-state index in [1.807, 2.05) is 55.4 Å². The summed E-state index contributed by atoms with van der Waals surface area (Å²) in [6.45, 7) is 15.1. The fraction of sp³-hybridized carbons (Fsp3) is 0.923. The Morgan fingerprint density at radius 1 is 0.500 bits per heavy atom. The Bertz CT molecular complexity index is 990. The van der Waals surface area contributed by atoms with Crippen LogP contribution in [0.3, 0.4) is 0 Å². The minimum absolute atomic E-state index is 0.140. The summed E-state index contributed by atoms with van der Waals surface area (Å²) in [5, 5.41) is 0. The third-order valence-electron chi connectivity index (χ3n) is 7.41. The van der Waals surface area contributed by atoms with E-state index in [2.05, 4.69) is 0 Å². The van der Waals surface area contributed by atoms with Crippen LogP contribution in [-0.4, -0.2) is 107 Å². The van der Waals surface area contributed by atoms with E-state index >= 15 is 0 Å². The Morgan fingerprint density at radius 2 is 0.810 bits per heavy atom. The number of thiocarbonyl (C=S) groups is 2. The molecule has 6 fully saturated rings. The predicted octanol–water partition coefficient (Wildman–Crippen LogP) is 3.76. The van der Waals surface area contributed by atoms with Crippen LogP contribution in [-0.2, 0) is 56.8 Å². The topological polar surface area (TPSA) is 111 Å². The molecule has 6 heterocycles. The molecule has 6 aliphatic heterocycles. The van der Waals surface area contributed by atoms with Gasteiger partial charge in [0, 0.05) is 21.6 Å². The molecule has 6 saturated heterocycles. The van der Waals surface area contributed by atoms with E-state index in [9.17, 15) is 0 Å². The van der Waals surface area contributed by atoms with Crippen molar-refractivity contribution in [3.8, 4) is 0 Å². The van der Waals surface area contributed by atoms with Gasteiger partial charge in [-0.15, -0.1) is 0 Å². The molecule has 6 rings (SSSR count). The van der Waals surface area contributed by atoms with Crippen LogP contribution < -0.4 is 0 Å². The van der Waals surface area contributed by atoms with Crippen molar-refractivity contribution < 1.29 is 56.8 Å².